The van der Waals surface area contributed by atoms with E-state index in [1.54, 1.807) is 0 Å². The standard InChI is InChI=1S/C12H14O6/c1-17-10-5-7(8(13)3-4-12(15)16)9(14)6-11(10)18-2/h5-6,14H,3-4H2,1-2H3,(H,15,16). The van der Waals surface area contributed by atoms with E-state index >= 15 is 0 Å². The third-order valence-corrected chi connectivity index (χ3v) is 2.37. The zero-order valence-electron chi connectivity index (χ0n) is 10.1. The van der Waals surface area contributed by atoms with Crippen LogP contribution in [0.4, 0.5) is 0 Å². The summed E-state index contributed by atoms with van der Waals surface area (Å²) in [5, 5.41) is 18.2. The van der Waals surface area contributed by atoms with E-state index in [0.29, 0.717) is 11.5 Å². The smallest absolute Gasteiger partial charge is 0.303 e. The average Bonchev–Trinajstić information content (AvgIpc) is 2.35. The number of Topliss-reactive ketones (excluding diaryl/α,β-unsaturated/α-hetero) is 1. The summed E-state index contributed by atoms with van der Waals surface area (Å²) in [4.78, 5) is 22.1. The normalized spacial score (nSPS) is 9.89. The first-order valence-electron chi connectivity index (χ1n) is 5.19. The number of benzene rings is 1. The molecule has 0 spiro atoms. The molecule has 1 rings (SSSR count). The van der Waals surface area contributed by atoms with Gasteiger partial charge in [0.1, 0.15) is 5.75 Å². The van der Waals surface area contributed by atoms with Crippen molar-refractivity contribution in [2.45, 2.75) is 12.8 Å². The van der Waals surface area contributed by atoms with Crippen molar-refractivity contribution in [1.29, 1.82) is 0 Å². The number of ether oxygens (including phenoxy) is 2. The Labute approximate surface area is 104 Å². The summed E-state index contributed by atoms with van der Waals surface area (Å²) in [6, 6.07) is 2.59. The highest BCUT2D eigenvalue weighted by atomic mass is 16.5. The summed E-state index contributed by atoms with van der Waals surface area (Å²) >= 11 is 0. The van der Waals surface area contributed by atoms with Crippen molar-refractivity contribution >= 4 is 11.8 Å². The van der Waals surface area contributed by atoms with Crippen LogP contribution in [0.3, 0.4) is 0 Å². The van der Waals surface area contributed by atoms with E-state index in [0.717, 1.165) is 0 Å². The van der Waals surface area contributed by atoms with E-state index in [-0.39, 0.29) is 24.2 Å². The lowest BCUT2D eigenvalue weighted by Crippen LogP contribution is -2.05. The SMILES string of the molecule is COc1cc(O)c(C(=O)CCC(=O)O)cc1OC. The fraction of sp³-hybridized carbons (Fsp3) is 0.333. The van der Waals surface area contributed by atoms with Crippen LogP contribution in [-0.2, 0) is 4.79 Å². The van der Waals surface area contributed by atoms with E-state index in [9.17, 15) is 14.7 Å². The minimum Gasteiger partial charge on any atom is -0.507 e. The van der Waals surface area contributed by atoms with Crippen molar-refractivity contribution in [3.05, 3.63) is 17.7 Å². The maximum absolute atomic E-state index is 11.7. The number of aliphatic carboxylic acids is 1. The summed E-state index contributed by atoms with van der Waals surface area (Å²) in [5.74, 6) is -1.19. The number of hydrogen-bond acceptors (Lipinski definition) is 5. The van der Waals surface area contributed by atoms with E-state index in [4.69, 9.17) is 14.6 Å². The highest BCUT2D eigenvalue weighted by molar-refractivity contribution is 6.00. The second-order valence-electron chi connectivity index (χ2n) is 3.54. The van der Waals surface area contributed by atoms with Crippen LogP contribution in [0, 0.1) is 0 Å². The first-order valence-corrected chi connectivity index (χ1v) is 5.19. The van der Waals surface area contributed by atoms with Gasteiger partial charge in [-0.05, 0) is 6.07 Å². The molecule has 0 aliphatic carbocycles. The minimum atomic E-state index is -1.07. The molecule has 18 heavy (non-hydrogen) atoms. The molecule has 1 aromatic carbocycles. The third-order valence-electron chi connectivity index (χ3n) is 2.37. The number of hydrogen-bond donors (Lipinski definition) is 2. The van der Waals surface area contributed by atoms with Crippen LogP contribution >= 0.6 is 0 Å². The number of phenolic OH excluding ortho intramolecular Hbond substituents is 1. The zero-order chi connectivity index (χ0) is 13.7. The van der Waals surface area contributed by atoms with Gasteiger partial charge in [-0.3, -0.25) is 9.59 Å². The van der Waals surface area contributed by atoms with Crippen LogP contribution in [-0.4, -0.2) is 36.2 Å². The largest absolute Gasteiger partial charge is 0.507 e. The van der Waals surface area contributed by atoms with Crippen molar-refractivity contribution in [3.63, 3.8) is 0 Å². The molecule has 0 atom stereocenters. The quantitative estimate of drug-likeness (QED) is 0.746. The lowest BCUT2D eigenvalue weighted by atomic mass is 10.0. The molecule has 0 aliphatic heterocycles. The number of ketones is 1. The summed E-state index contributed by atoms with van der Waals surface area (Å²) in [6.45, 7) is 0. The summed E-state index contributed by atoms with van der Waals surface area (Å²) in [7, 11) is 2.81. The Hall–Kier alpha value is -2.24. The highest BCUT2D eigenvalue weighted by Crippen LogP contribution is 2.34. The molecular weight excluding hydrogens is 240 g/mol. The van der Waals surface area contributed by atoms with Gasteiger partial charge in [-0.2, -0.15) is 0 Å². The molecular formula is C12H14O6. The Kier molecular flexibility index (Phi) is 4.53. The summed E-state index contributed by atoms with van der Waals surface area (Å²) < 4.78 is 9.96. The van der Waals surface area contributed by atoms with Crippen molar-refractivity contribution in [2.75, 3.05) is 14.2 Å². The molecule has 0 saturated heterocycles. The summed E-state index contributed by atoms with van der Waals surface area (Å²) in [5.41, 5.74) is 0.0221. The summed E-state index contributed by atoms with van der Waals surface area (Å²) in [6.07, 6.45) is -0.467. The Bertz CT molecular complexity index is 466. The van der Waals surface area contributed by atoms with Gasteiger partial charge in [0.15, 0.2) is 17.3 Å². The lowest BCUT2D eigenvalue weighted by Gasteiger charge is -2.10. The predicted molar refractivity (Wildman–Crippen MR) is 62.4 cm³/mol. The van der Waals surface area contributed by atoms with Gasteiger partial charge < -0.3 is 19.7 Å². The van der Waals surface area contributed by atoms with Crippen LogP contribution in [0.5, 0.6) is 17.2 Å². The molecule has 1 aromatic rings. The third kappa shape index (κ3) is 3.13. The van der Waals surface area contributed by atoms with Gasteiger partial charge in [0, 0.05) is 12.5 Å². The predicted octanol–water partition coefficient (Wildman–Crippen LogP) is 1.46. The first kappa shape index (κ1) is 13.8. The number of carbonyl (C=O) groups is 2. The van der Waals surface area contributed by atoms with Gasteiger partial charge in [-0.1, -0.05) is 0 Å². The second kappa shape index (κ2) is 5.90. The van der Waals surface area contributed by atoms with Crippen LogP contribution in [0.1, 0.15) is 23.2 Å². The molecule has 0 amide bonds. The van der Waals surface area contributed by atoms with Gasteiger partial charge >= 0.3 is 5.97 Å². The fourth-order valence-electron chi connectivity index (χ4n) is 1.45. The Morgan fingerprint density at radius 1 is 1.11 bits per heavy atom. The molecule has 0 aromatic heterocycles. The van der Waals surface area contributed by atoms with E-state index in [2.05, 4.69) is 0 Å². The molecule has 0 saturated carbocycles. The maximum atomic E-state index is 11.7. The van der Waals surface area contributed by atoms with Gasteiger partial charge in [0.2, 0.25) is 0 Å². The molecule has 6 nitrogen and oxygen atoms in total. The molecule has 0 unspecified atom stereocenters. The number of phenols is 1. The zero-order valence-corrected chi connectivity index (χ0v) is 10.1. The van der Waals surface area contributed by atoms with Gasteiger partial charge in [-0.15, -0.1) is 0 Å². The van der Waals surface area contributed by atoms with Crippen molar-refractivity contribution in [3.8, 4) is 17.2 Å². The molecule has 0 radical (unpaired) electrons. The number of carboxylic acid groups (broad SMARTS) is 1. The molecule has 0 fully saturated rings. The first-order chi connectivity index (χ1) is 8.49. The molecule has 6 heteroatoms. The number of aromatic hydroxyl groups is 1. The average molecular weight is 254 g/mol. The van der Waals surface area contributed by atoms with E-state index in [1.807, 2.05) is 0 Å². The Balaban J connectivity index is 3.01. The number of carbonyl (C=O) groups excluding carboxylic acids is 1. The minimum absolute atomic E-state index is 0.0221. The molecule has 0 heterocycles. The van der Waals surface area contributed by atoms with Crippen LogP contribution in [0.25, 0.3) is 0 Å². The van der Waals surface area contributed by atoms with Crippen LogP contribution in [0.2, 0.25) is 0 Å². The maximum Gasteiger partial charge on any atom is 0.303 e. The molecule has 2 N–H and O–H groups in total. The number of rotatable bonds is 6. The molecule has 0 aliphatic rings. The lowest BCUT2D eigenvalue weighted by molar-refractivity contribution is -0.136. The van der Waals surface area contributed by atoms with Crippen molar-refractivity contribution in [2.24, 2.45) is 0 Å². The van der Waals surface area contributed by atoms with Crippen LogP contribution in [0.15, 0.2) is 12.1 Å². The van der Waals surface area contributed by atoms with E-state index in [1.165, 1.54) is 26.4 Å². The Morgan fingerprint density at radius 3 is 2.17 bits per heavy atom. The highest BCUT2D eigenvalue weighted by Gasteiger charge is 2.17. The second-order valence-corrected chi connectivity index (χ2v) is 3.54. The topological polar surface area (TPSA) is 93.1 Å². The number of carboxylic acids is 1. The fourth-order valence-corrected chi connectivity index (χ4v) is 1.45. The monoisotopic (exact) mass is 254 g/mol. The van der Waals surface area contributed by atoms with Gasteiger partial charge in [-0.25, -0.2) is 0 Å². The van der Waals surface area contributed by atoms with Crippen LogP contribution < -0.4 is 9.47 Å². The number of methoxy groups -OCH3 is 2. The van der Waals surface area contributed by atoms with Gasteiger partial charge in [0.05, 0.1) is 26.2 Å². The Morgan fingerprint density at radius 2 is 1.67 bits per heavy atom. The van der Waals surface area contributed by atoms with Crippen molar-refractivity contribution < 1.29 is 29.3 Å². The van der Waals surface area contributed by atoms with Crippen molar-refractivity contribution in [1.82, 2.24) is 0 Å². The molecule has 0 bridgehead atoms. The van der Waals surface area contributed by atoms with E-state index < -0.39 is 11.8 Å². The van der Waals surface area contributed by atoms with Gasteiger partial charge in [0.25, 0.3) is 0 Å². The molecule has 98 valence electrons.